The highest BCUT2D eigenvalue weighted by atomic mass is 16.5. The van der Waals surface area contributed by atoms with Crippen molar-refractivity contribution in [3.8, 4) is 0 Å². The lowest BCUT2D eigenvalue weighted by atomic mass is 9.97. The third kappa shape index (κ3) is 5.61. The molecule has 1 aliphatic rings. The molecule has 0 bridgehead atoms. The lowest BCUT2D eigenvalue weighted by Gasteiger charge is -2.26. The Morgan fingerprint density at radius 2 is 1.77 bits per heavy atom. The van der Waals surface area contributed by atoms with Crippen LogP contribution in [0.4, 0.5) is 0 Å². The number of hydrogen-bond acceptors (Lipinski definition) is 4. The van der Waals surface area contributed by atoms with Crippen LogP contribution < -0.4 is 16.1 Å². The Morgan fingerprint density at radius 3 is 2.45 bits per heavy atom. The molecule has 0 saturated heterocycles. The molecule has 3 rings (SSSR count). The molecule has 0 spiro atoms. The quantitative estimate of drug-likeness (QED) is 0.714. The van der Waals surface area contributed by atoms with Crippen molar-refractivity contribution in [2.45, 2.75) is 52.8 Å². The van der Waals surface area contributed by atoms with Crippen LogP contribution in [0, 0.1) is 5.92 Å². The number of amides is 2. The van der Waals surface area contributed by atoms with Gasteiger partial charge in [-0.2, -0.15) is 0 Å². The zero-order valence-corrected chi connectivity index (χ0v) is 18.6. The summed E-state index contributed by atoms with van der Waals surface area (Å²) >= 11 is 0. The Kier molecular flexibility index (Phi) is 7.28. The van der Waals surface area contributed by atoms with Gasteiger partial charge in [-0.25, -0.2) is 0 Å². The minimum atomic E-state index is -0.569. The standard InChI is InChI=1S/C24H31N3O4/c1-15(2)12-27-13-19(22(28)20(14-27)24(30)26-16(3)4)23(29)25-11-21-18-8-6-5-7-17(18)9-10-31-21/h5-8,13-16,21H,9-12H2,1-4H3,(H,25,29)(H,26,30). The van der Waals surface area contributed by atoms with Gasteiger partial charge < -0.3 is 19.9 Å². The average Bonchev–Trinajstić information content (AvgIpc) is 2.72. The van der Waals surface area contributed by atoms with Gasteiger partial charge in [0, 0.05) is 31.5 Å². The first-order valence-corrected chi connectivity index (χ1v) is 10.8. The van der Waals surface area contributed by atoms with Crippen molar-refractivity contribution in [1.82, 2.24) is 15.2 Å². The molecule has 7 nitrogen and oxygen atoms in total. The molecule has 1 atom stereocenters. The van der Waals surface area contributed by atoms with E-state index in [0.717, 1.165) is 12.0 Å². The monoisotopic (exact) mass is 425 g/mol. The van der Waals surface area contributed by atoms with Crippen molar-refractivity contribution >= 4 is 11.8 Å². The number of carbonyl (C=O) groups excluding carboxylic acids is 2. The first kappa shape index (κ1) is 22.7. The molecule has 0 aliphatic carbocycles. The van der Waals surface area contributed by atoms with Crippen LogP contribution in [0.15, 0.2) is 41.5 Å². The first-order valence-electron chi connectivity index (χ1n) is 10.8. The van der Waals surface area contributed by atoms with Crippen LogP contribution in [-0.4, -0.2) is 35.6 Å². The zero-order chi connectivity index (χ0) is 22.5. The molecule has 31 heavy (non-hydrogen) atoms. The Labute approximate surface area is 182 Å². The van der Waals surface area contributed by atoms with Gasteiger partial charge >= 0.3 is 0 Å². The predicted octanol–water partition coefficient (Wildman–Crippen LogP) is 2.69. The van der Waals surface area contributed by atoms with Crippen LogP contribution in [0.3, 0.4) is 0 Å². The first-order chi connectivity index (χ1) is 14.8. The number of ether oxygens (including phenoxy) is 1. The van der Waals surface area contributed by atoms with Crippen molar-refractivity contribution < 1.29 is 14.3 Å². The summed E-state index contributed by atoms with van der Waals surface area (Å²) in [6.45, 7) is 9.13. The van der Waals surface area contributed by atoms with Crippen molar-refractivity contribution in [2.75, 3.05) is 13.2 Å². The number of carbonyl (C=O) groups is 2. The predicted molar refractivity (Wildman–Crippen MR) is 119 cm³/mol. The highest BCUT2D eigenvalue weighted by Gasteiger charge is 2.24. The molecule has 7 heteroatoms. The fourth-order valence-electron chi connectivity index (χ4n) is 3.75. The number of nitrogens with one attached hydrogen (secondary N) is 2. The minimum Gasteiger partial charge on any atom is -0.371 e. The van der Waals surface area contributed by atoms with E-state index in [1.54, 1.807) is 4.57 Å². The summed E-state index contributed by atoms with van der Waals surface area (Å²) in [4.78, 5) is 38.5. The minimum absolute atomic E-state index is 0.0266. The highest BCUT2D eigenvalue weighted by Crippen LogP contribution is 2.26. The molecular formula is C24H31N3O4. The molecule has 0 saturated carbocycles. The van der Waals surface area contributed by atoms with Crippen molar-refractivity contribution in [2.24, 2.45) is 5.92 Å². The summed E-state index contributed by atoms with van der Waals surface area (Å²) in [6, 6.07) is 7.88. The van der Waals surface area contributed by atoms with Gasteiger partial charge in [-0.05, 0) is 37.3 Å². The summed E-state index contributed by atoms with van der Waals surface area (Å²) < 4.78 is 7.58. The SMILES string of the molecule is CC(C)Cn1cc(C(=O)NCC2OCCc3ccccc32)c(=O)c(C(=O)NC(C)C)c1. The van der Waals surface area contributed by atoms with Crippen LogP contribution in [-0.2, 0) is 17.7 Å². The van der Waals surface area contributed by atoms with Crippen molar-refractivity contribution in [1.29, 1.82) is 0 Å². The Morgan fingerprint density at radius 1 is 1.10 bits per heavy atom. The molecule has 2 N–H and O–H groups in total. The Bertz CT molecular complexity index is 1010. The van der Waals surface area contributed by atoms with Gasteiger partial charge in [-0.3, -0.25) is 14.4 Å². The average molecular weight is 426 g/mol. The molecule has 1 aliphatic heterocycles. The zero-order valence-electron chi connectivity index (χ0n) is 18.6. The normalized spacial score (nSPS) is 15.6. The molecule has 1 aromatic carbocycles. The van der Waals surface area contributed by atoms with Gasteiger partial charge in [0.25, 0.3) is 11.8 Å². The van der Waals surface area contributed by atoms with Gasteiger partial charge in [0.15, 0.2) is 0 Å². The molecule has 2 heterocycles. The second-order valence-electron chi connectivity index (χ2n) is 8.65. The van der Waals surface area contributed by atoms with Crippen LogP contribution in [0.2, 0.25) is 0 Å². The molecule has 1 aromatic heterocycles. The lowest BCUT2D eigenvalue weighted by Crippen LogP contribution is -2.39. The van der Waals surface area contributed by atoms with E-state index in [1.165, 1.54) is 18.0 Å². The Balaban J connectivity index is 1.84. The van der Waals surface area contributed by atoms with Crippen LogP contribution >= 0.6 is 0 Å². The second-order valence-corrected chi connectivity index (χ2v) is 8.65. The molecule has 2 amide bonds. The van der Waals surface area contributed by atoms with E-state index in [-0.39, 0.29) is 35.7 Å². The van der Waals surface area contributed by atoms with E-state index in [2.05, 4.69) is 16.7 Å². The van der Waals surface area contributed by atoms with Gasteiger partial charge in [-0.1, -0.05) is 38.1 Å². The maximum absolute atomic E-state index is 13.0. The van der Waals surface area contributed by atoms with E-state index < -0.39 is 17.2 Å². The summed E-state index contributed by atoms with van der Waals surface area (Å²) in [7, 11) is 0. The number of benzene rings is 1. The number of aromatic nitrogens is 1. The van der Waals surface area contributed by atoms with Gasteiger partial charge in [0.2, 0.25) is 5.43 Å². The molecular weight excluding hydrogens is 394 g/mol. The molecule has 2 aromatic rings. The lowest BCUT2D eigenvalue weighted by molar-refractivity contribution is 0.0411. The van der Waals surface area contributed by atoms with E-state index in [0.29, 0.717) is 13.2 Å². The van der Waals surface area contributed by atoms with E-state index in [1.807, 2.05) is 45.9 Å². The number of pyridine rings is 1. The van der Waals surface area contributed by atoms with E-state index in [4.69, 9.17) is 4.74 Å². The van der Waals surface area contributed by atoms with Crippen LogP contribution in [0.1, 0.15) is 65.6 Å². The summed E-state index contributed by atoms with van der Waals surface area (Å²) in [5, 5.41) is 5.57. The van der Waals surface area contributed by atoms with Gasteiger partial charge in [0.1, 0.15) is 17.2 Å². The summed E-state index contributed by atoms with van der Waals surface area (Å²) in [5.74, 6) is -0.698. The maximum Gasteiger partial charge on any atom is 0.256 e. The second kappa shape index (κ2) is 9.92. The molecule has 1 unspecified atom stereocenters. The van der Waals surface area contributed by atoms with Gasteiger partial charge in [-0.15, -0.1) is 0 Å². The highest BCUT2D eigenvalue weighted by molar-refractivity contribution is 5.99. The number of fused-ring (bicyclic) bond motifs is 1. The maximum atomic E-state index is 13.0. The summed E-state index contributed by atoms with van der Waals surface area (Å²) in [5.41, 5.74) is 1.62. The Hall–Kier alpha value is -2.93. The molecule has 166 valence electrons. The molecule has 0 fully saturated rings. The topological polar surface area (TPSA) is 89.4 Å². The van der Waals surface area contributed by atoms with Crippen molar-refractivity contribution in [3.05, 3.63) is 69.1 Å². The third-order valence-corrected chi connectivity index (χ3v) is 5.10. The van der Waals surface area contributed by atoms with Crippen LogP contribution in [0.5, 0.6) is 0 Å². The fraction of sp³-hybridized carbons (Fsp3) is 0.458. The van der Waals surface area contributed by atoms with Gasteiger partial charge in [0.05, 0.1) is 6.61 Å². The largest absolute Gasteiger partial charge is 0.371 e. The van der Waals surface area contributed by atoms with E-state index >= 15 is 0 Å². The van der Waals surface area contributed by atoms with E-state index in [9.17, 15) is 14.4 Å². The smallest absolute Gasteiger partial charge is 0.256 e. The van der Waals surface area contributed by atoms with Crippen molar-refractivity contribution in [3.63, 3.8) is 0 Å². The number of hydrogen-bond donors (Lipinski definition) is 2. The number of rotatable bonds is 7. The third-order valence-electron chi connectivity index (χ3n) is 5.10. The summed E-state index contributed by atoms with van der Waals surface area (Å²) in [6.07, 6.45) is 3.63. The molecule has 0 radical (unpaired) electrons. The number of nitrogens with zero attached hydrogens (tertiary/aromatic N) is 1. The van der Waals surface area contributed by atoms with Crippen LogP contribution in [0.25, 0.3) is 0 Å². The fourth-order valence-corrected chi connectivity index (χ4v) is 3.75.